The first-order chi connectivity index (χ1) is 10.5. The number of aliphatic hydroxyl groups excluding tert-OH is 1. The first-order valence-electron chi connectivity index (χ1n) is 7.40. The van der Waals surface area contributed by atoms with Crippen molar-refractivity contribution in [1.82, 2.24) is 9.97 Å². The molecule has 0 amide bonds. The molecule has 1 saturated carbocycles. The number of halogens is 1. The second-order valence-corrected chi connectivity index (χ2v) is 6.12. The van der Waals surface area contributed by atoms with Crippen LogP contribution in [0.2, 0.25) is 0 Å². The Morgan fingerprint density at radius 3 is 2.86 bits per heavy atom. The van der Waals surface area contributed by atoms with Crippen LogP contribution in [0.5, 0.6) is 0 Å². The molecule has 1 unspecified atom stereocenters. The van der Waals surface area contributed by atoms with E-state index in [-0.39, 0.29) is 18.8 Å². The molecular formula is C14H21BrN4O3. The summed E-state index contributed by atoms with van der Waals surface area (Å²) in [4.78, 5) is 20.4. The van der Waals surface area contributed by atoms with Crippen LogP contribution in [0.4, 0.5) is 5.82 Å². The van der Waals surface area contributed by atoms with E-state index in [0.717, 1.165) is 25.7 Å². The van der Waals surface area contributed by atoms with Gasteiger partial charge in [0.25, 0.3) is 0 Å². The third-order valence-electron chi connectivity index (χ3n) is 3.64. The summed E-state index contributed by atoms with van der Waals surface area (Å²) in [5, 5.41) is 12.9. The number of ether oxygens (including phenoxy) is 1. The maximum Gasteiger partial charge on any atom is 0.329 e. The molecule has 0 radical (unpaired) electrons. The third kappa shape index (κ3) is 4.37. The minimum absolute atomic E-state index is 0.181. The van der Waals surface area contributed by atoms with Gasteiger partial charge in [0.2, 0.25) is 0 Å². The fraction of sp³-hybridized carbons (Fsp3) is 0.643. The minimum Gasteiger partial charge on any atom is -0.465 e. The van der Waals surface area contributed by atoms with Crippen molar-refractivity contribution in [3.63, 3.8) is 0 Å². The van der Waals surface area contributed by atoms with Gasteiger partial charge in [0.05, 0.1) is 18.9 Å². The maximum absolute atomic E-state index is 11.8. The molecule has 7 nitrogen and oxygen atoms in total. The molecule has 0 aromatic carbocycles. The molecule has 0 aliphatic heterocycles. The molecule has 0 saturated heterocycles. The fourth-order valence-electron chi connectivity index (χ4n) is 2.47. The van der Waals surface area contributed by atoms with E-state index in [4.69, 9.17) is 10.5 Å². The van der Waals surface area contributed by atoms with Crippen molar-refractivity contribution in [3.05, 3.63) is 16.5 Å². The zero-order chi connectivity index (χ0) is 16.1. The van der Waals surface area contributed by atoms with Crippen LogP contribution in [0.1, 0.15) is 44.3 Å². The average molecular weight is 373 g/mol. The molecule has 0 bridgehead atoms. The van der Waals surface area contributed by atoms with Gasteiger partial charge in [-0.15, -0.1) is 0 Å². The Kier molecular flexibility index (Phi) is 6.10. The van der Waals surface area contributed by atoms with Crippen molar-refractivity contribution in [2.75, 3.05) is 11.9 Å². The number of carbonyl (C=O) groups is 1. The lowest BCUT2D eigenvalue weighted by Crippen LogP contribution is -2.31. The van der Waals surface area contributed by atoms with Gasteiger partial charge >= 0.3 is 5.97 Å². The lowest BCUT2D eigenvalue weighted by atomic mass is 9.93. The van der Waals surface area contributed by atoms with Gasteiger partial charge in [-0.05, 0) is 48.5 Å². The number of carbonyl (C=O) groups excluding carboxylic acids is 1. The molecule has 1 fully saturated rings. The summed E-state index contributed by atoms with van der Waals surface area (Å²) < 4.78 is 5.50. The molecular weight excluding hydrogens is 352 g/mol. The molecule has 8 heteroatoms. The van der Waals surface area contributed by atoms with Gasteiger partial charge in [0.15, 0.2) is 5.82 Å². The van der Waals surface area contributed by atoms with Gasteiger partial charge < -0.3 is 20.9 Å². The molecule has 1 aromatic heterocycles. The number of esters is 1. The van der Waals surface area contributed by atoms with Crippen molar-refractivity contribution in [2.24, 2.45) is 5.73 Å². The number of anilines is 1. The quantitative estimate of drug-likeness (QED) is 0.671. The Balaban J connectivity index is 2.15. The Labute approximate surface area is 137 Å². The summed E-state index contributed by atoms with van der Waals surface area (Å²) in [6.07, 6.45) is 4.45. The molecule has 122 valence electrons. The molecule has 4 N–H and O–H groups in total. The van der Waals surface area contributed by atoms with E-state index in [0.29, 0.717) is 16.1 Å². The van der Waals surface area contributed by atoms with Crippen molar-refractivity contribution in [1.29, 1.82) is 0 Å². The Bertz CT molecular complexity index is 521. The van der Waals surface area contributed by atoms with E-state index < -0.39 is 12.0 Å². The predicted octanol–water partition coefficient (Wildman–Crippen LogP) is 1.52. The van der Waals surface area contributed by atoms with Crippen LogP contribution in [-0.2, 0) is 9.53 Å². The summed E-state index contributed by atoms with van der Waals surface area (Å²) in [6.45, 7) is 1.99. The molecule has 0 spiro atoms. The maximum atomic E-state index is 11.8. The predicted molar refractivity (Wildman–Crippen MR) is 85.2 cm³/mol. The van der Waals surface area contributed by atoms with E-state index in [2.05, 4.69) is 31.2 Å². The summed E-state index contributed by atoms with van der Waals surface area (Å²) in [7, 11) is 0. The van der Waals surface area contributed by atoms with E-state index in [9.17, 15) is 9.90 Å². The zero-order valence-electron chi connectivity index (χ0n) is 12.5. The summed E-state index contributed by atoms with van der Waals surface area (Å²) in [5.74, 6) is -0.0439. The topological polar surface area (TPSA) is 110 Å². The lowest BCUT2D eigenvalue weighted by molar-refractivity contribution is -0.144. The standard InChI is InChI=1S/C14H21BrN4O3/c1-2-22-14(21)11(16)12-13(19-10(15)7-17-12)18-8-3-5-9(20)6-4-8/h7-9,11,20H,2-6,16H2,1H3,(H,18,19)/t8-,9-,11?. The van der Waals surface area contributed by atoms with Crippen molar-refractivity contribution >= 4 is 27.7 Å². The number of nitrogens with two attached hydrogens (primary N) is 1. The number of hydrogen-bond acceptors (Lipinski definition) is 7. The molecule has 1 heterocycles. The Morgan fingerprint density at radius 2 is 2.23 bits per heavy atom. The van der Waals surface area contributed by atoms with Crippen LogP contribution in [-0.4, -0.2) is 39.8 Å². The molecule has 1 aliphatic carbocycles. The monoisotopic (exact) mass is 372 g/mol. The summed E-state index contributed by atoms with van der Waals surface area (Å²) >= 11 is 3.28. The van der Waals surface area contributed by atoms with Crippen LogP contribution in [0.15, 0.2) is 10.8 Å². The molecule has 2 rings (SSSR count). The van der Waals surface area contributed by atoms with Crippen LogP contribution < -0.4 is 11.1 Å². The first kappa shape index (κ1) is 17.1. The third-order valence-corrected chi connectivity index (χ3v) is 4.03. The normalized spacial score (nSPS) is 22.9. The summed E-state index contributed by atoms with van der Waals surface area (Å²) in [5.41, 5.74) is 6.30. The van der Waals surface area contributed by atoms with Crippen molar-refractivity contribution < 1.29 is 14.6 Å². The number of hydrogen-bond donors (Lipinski definition) is 3. The highest BCUT2D eigenvalue weighted by Gasteiger charge is 2.26. The van der Waals surface area contributed by atoms with Crippen molar-refractivity contribution in [2.45, 2.75) is 50.8 Å². The van der Waals surface area contributed by atoms with Gasteiger partial charge in [-0.2, -0.15) is 0 Å². The van der Waals surface area contributed by atoms with E-state index in [1.807, 2.05) is 0 Å². The van der Waals surface area contributed by atoms with Crippen LogP contribution in [0, 0.1) is 0 Å². The first-order valence-corrected chi connectivity index (χ1v) is 8.19. The van der Waals surface area contributed by atoms with Gasteiger partial charge in [0, 0.05) is 6.04 Å². The van der Waals surface area contributed by atoms with Crippen LogP contribution in [0.25, 0.3) is 0 Å². The van der Waals surface area contributed by atoms with E-state index in [1.54, 1.807) is 6.92 Å². The number of aromatic nitrogens is 2. The highest BCUT2D eigenvalue weighted by molar-refractivity contribution is 9.10. The largest absolute Gasteiger partial charge is 0.465 e. The highest BCUT2D eigenvalue weighted by atomic mass is 79.9. The SMILES string of the molecule is CCOC(=O)C(N)c1ncc(Br)nc1N[C@H]1CC[C@H](O)CC1. The fourth-order valence-corrected chi connectivity index (χ4v) is 2.75. The van der Waals surface area contributed by atoms with E-state index in [1.165, 1.54) is 6.20 Å². The molecule has 1 aliphatic rings. The van der Waals surface area contributed by atoms with Gasteiger partial charge in [-0.3, -0.25) is 4.98 Å². The number of nitrogens with zero attached hydrogens (tertiary/aromatic N) is 2. The smallest absolute Gasteiger partial charge is 0.329 e. The average Bonchev–Trinajstić information content (AvgIpc) is 2.49. The minimum atomic E-state index is -0.975. The number of aliphatic hydroxyl groups is 1. The van der Waals surface area contributed by atoms with Gasteiger partial charge in [-0.1, -0.05) is 0 Å². The number of nitrogens with one attached hydrogen (secondary N) is 1. The van der Waals surface area contributed by atoms with Gasteiger partial charge in [0.1, 0.15) is 16.3 Å². The van der Waals surface area contributed by atoms with Crippen molar-refractivity contribution in [3.8, 4) is 0 Å². The Hall–Kier alpha value is -1.25. The molecule has 22 heavy (non-hydrogen) atoms. The van der Waals surface area contributed by atoms with Crippen LogP contribution in [0.3, 0.4) is 0 Å². The molecule has 1 atom stereocenters. The second-order valence-electron chi connectivity index (χ2n) is 5.31. The second kappa shape index (κ2) is 7.85. The van der Waals surface area contributed by atoms with E-state index >= 15 is 0 Å². The number of rotatable bonds is 5. The highest BCUT2D eigenvalue weighted by Crippen LogP contribution is 2.25. The van der Waals surface area contributed by atoms with Gasteiger partial charge in [-0.25, -0.2) is 9.78 Å². The van der Waals surface area contributed by atoms with Crippen LogP contribution >= 0.6 is 15.9 Å². The Morgan fingerprint density at radius 1 is 1.55 bits per heavy atom. The zero-order valence-corrected chi connectivity index (χ0v) is 14.0. The summed E-state index contributed by atoms with van der Waals surface area (Å²) in [6, 6.07) is -0.794. The lowest BCUT2D eigenvalue weighted by Gasteiger charge is -2.27. The molecule has 1 aromatic rings.